The van der Waals surface area contributed by atoms with E-state index in [-0.39, 0.29) is 46.7 Å². The van der Waals surface area contributed by atoms with E-state index in [0.717, 1.165) is 0 Å². The van der Waals surface area contributed by atoms with Gasteiger partial charge in [-0.3, -0.25) is 4.79 Å². The maximum atomic E-state index is 13.1. The predicted molar refractivity (Wildman–Crippen MR) is 110 cm³/mol. The van der Waals surface area contributed by atoms with E-state index in [4.69, 9.17) is 20.9 Å². The van der Waals surface area contributed by atoms with Crippen LogP contribution in [0, 0.1) is 6.92 Å². The molecular formula is C19H25ClN4O5S. The number of ether oxygens (including phenoxy) is 1. The SMILES string of the molecule is Cc1noc(CCCNC(=O)c2ccc(Cl)c(S(=O)(=O)N3C[C@@H](C)O[C@H](C)C3)c2)n1. The number of benzene rings is 1. The van der Waals surface area contributed by atoms with Gasteiger partial charge in [-0.25, -0.2) is 8.42 Å². The predicted octanol–water partition coefficient (Wildman–Crippen LogP) is 2.19. The zero-order valence-corrected chi connectivity index (χ0v) is 18.7. The van der Waals surface area contributed by atoms with Crippen LogP contribution in [0.4, 0.5) is 0 Å². The van der Waals surface area contributed by atoms with Crippen molar-refractivity contribution in [1.82, 2.24) is 19.8 Å². The van der Waals surface area contributed by atoms with E-state index in [1.807, 2.05) is 13.8 Å². The molecule has 2 atom stereocenters. The molecule has 1 aromatic heterocycles. The number of halogens is 1. The minimum atomic E-state index is -3.86. The number of nitrogens with one attached hydrogen (secondary N) is 1. The molecule has 9 nitrogen and oxygen atoms in total. The van der Waals surface area contributed by atoms with Crippen molar-refractivity contribution in [2.45, 2.75) is 50.7 Å². The third-order valence-corrected chi connectivity index (χ3v) is 6.93. The van der Waals surface area contributed by atoms with E-state index in [2.05, 4.69) is 15.5 Å². The molecule has 0 spiro atoms. The van der Waals surface area contributed by atoms with Crippen molar-refractivity contribution in [1.29, 1.82) is 0 Å². The lowest BCUT2D eigenvalue weighted by Gasteiger charge is -2.34. The normalized spacial score (nSPS) is 20.3. The molecule has 1 saturated heterocycles. The van der Waals surface area contributed by atoms with Gasteiger partial charge in [0, 0.05) is 31.6 Å². The summed E-state index contributed by atoms with van der Waals surface area (Å²) in [5, 5.41) is 6.55. The molecule has 0 unspecified atom stereocenters. The Morgan fingerprint density at radius 3 is 2.63 bits per heavy atom. The molecule has 1 fully saturated rings. The van der Waals surface area contributed by atoms with E-state index < -0.39 is 10.0 Å². The second-order valence-electron chi connectivity index (χ2n) is 7.32. The number of amides is 1. The van der Waals surface area contributed by atoms with E-state index in [1.54, 1.807) is 6.92 Å². The van der Waals surface area contributed by atoms with Crippen LogP contribution in [0.25, 0.3) is 0 Å². The number of morpholine rings is 1. The van der Waals surface area contributed by atoms with Gasteiger partial charge in [-0.15, -0.1) is 0 Å². The summed E-state index contributed by atoms with van der Waals surface area (Å²) in [6, 6.07) is 4.25. The maximum Gasteiger partial charge on any atom is 0.251 e. The Hall–Kier alpha value is -2.01. The molecule has 164 valence electrons. The number of aryl methyl sites for hydroxylation is 2. The maximum absolute atomic E-state index is 13.1. The first-order valence-corrected chi connectivity index (χ1v) is 11.5. The first-order chi connectivity index (χ1) is 14.2. The van der Waals surface area contributed by atoms with E-state index >= 15 is 0 Å². The second kappa shape index (κ2) is 9.42. The van der Waals surface area contributed by atoms with Crippen LogP contribution in [0.1, 0.15) is 42.3 Å². The number of nitrogens with zero attached hydrogens (tertiary/aromatic N) is 3. The van der Waals surface area contributed by atoms with Crippen molar-refractivity contribution < 1.29 is 22.5 Å². The fourth-order valence-electron chi connectivity index (χ4n) is 3.29. The highest BCUT2D eigenvalue weighted by molar-refractivity contribution is 7.89. The van der Waals surface area contributed by atoms with Crippen molar-refractivity contribution in [2.24, 2.45) is 0 Å². The number of rotatable bonds is 7. The average Bonchev–Trinajstić information content (AvgIpc) is 3.09. The summed E-state index contributed by atoms with van der Waals surface area (Å²) in [5.74, 6) is 0.692. The largest absolute Gasteiger partial charge is 0.373 e. The highest BCUT2D eigenvalue weighted by Gasteiger charge is 2.33. The minimum absolute atomic E-state index is 0.0742. The van der Waals surface area contributed by atoms with Crippen LogP contribution in [-0.4, -0.2) is 60.6 Å². The molecule has 1 aliphatic heterocycles. The summed E-state index contributed by atoms with van der Waals surface area (Å²) in [4.78, 5) is 16.5. The van der Waals surface area contributed by atoms with Gasteiger partial charge in [0.05, 0.1) is 17.2 Å². The molecule has 0 saturated carbocycles. The van der Waals surface area contributed by atoms with Gasteiger partial charge in [-0.1, -0.05) is 16.8 Å². The van der Waals surface area contributed by atoms with Crippen LogP contribution >= 0.6 is 11.6 Å². The van der Waals surface area contributed by atoms with Gasteiger partial charge in [0.1, 0.15) is 4.90 Å². The highest BCUT2D eigenvalue weighted by atomic mass is 35.5. The van der Waals surface area contributed by atoms with Gasteiger partial charge in [0.2, 0.25) is 15.9 Å². The quantitative estimate of drug-likeness (QED) is 0.635. The van der Waals surface area contributed by atoms with Gasteiger partial charge < -0.3 is 14.6 Å². The summed E-state index contributed by atoms with van der Waals surface area (Å²) >= 11 is 6.18. The van der Waals surface area contributed by atoms with E-state index in [9.17, 15) is 13.2 Å². The molecule has 2 aromatic rings. The standard InChI is InChI=1S/C19H25ClN4O5S/c1-12-10-24(11-13(2)28-12)30(26,27)17-9-15(6-7-16(17)20)19(25)21-8-4-5-18-22-14(3)23-29-18/h6-7,9,12-13H,4-5,8,10-11H2,1-3H3,(H,21,25)/t12-,13-/m1/s1. The smallest absolute Gasteiger partial charge is 0.251 e. The van der Waals surface area contributed by atoms with Crippen molar-refractivity contribution in [3.05, 3.63) is 40.5 Å². The third-order valence-electron chi connectivity index (χ3n) is 4.62. The van der Waals surface area contributed by atoms with Gasteiger partial charge in [-0.2, -0.15) is 9.29 Å². The summed E-state index contributed by atoms with van der Waals surface area (Å²) in [5.41, 5.74) is 0.223. The molecular weight excluding hydrogens is 432 g/mol. The van der Waals surface area contributed by atoms with Crippen LogP contribution in [0.3, 0.4) is 0 Å². The Bertz CT molecular complexity index is 1000. The number of carbonyl (C=O) groups is 1. The summed E-state index contributed by atoms with van der Waals surface area (Å²) in [6.07, 6.45) is 0.692. The highest BCUT2D eigenvalue weighted by Crippen LogP contribution is 2.28. The van der Waals surface area contributed by atoms with Crippen LogP contribution in [0.5, 0.6) is 0 Å². The molecule has 1 aromatic carbocycles. The Morgan fingerprint density at radius 1 is 1.30 bits per heavy atom. The average molecular weight is 457 g/mol. The summed E-state index contributed by atoms with van der Waals surface area (Å²) in [7, 11) is -3.86. The van der Waals surface area contributed by atoms with Crippen LogP contribution < -0.4 is 5.32 Å². The third kappa shape index (κ3) is 5.37. The van der Waals surface area contributed by atoms with Crippen molar-refractivity contribution in [2.75, 3.05) is 19.6 Å². The Kier molecular flexibility index (Phi) is 7.12. The number of hydrogen-bond acceptors (Lipinski definition) is 7. The lowest BCUT2D eigenvalue weighted by molar-refractivity contribution is -0.0440. The van der Waals surface area contributed by atoms with Crippen LogP contribution in [0.15, 0.2) is 27.6 Å². The summed E-state index contributed by atoms with van der Waals surface area (Å²) in [6.45, 7) is 6.21. The molecule has 2 heterocycles. The first-order valence-electron chi connectivity index (χ1n) is 9.69. The van der Waals surface area contributed by atoms with Crippen molar-refractivity contribution >= 4 is 27.5 Å². The zero-order chi connectivity index (χ0) is 21.9. The molecule has 1 amide bonds. The number of sulfonamides is 1. The molecule has 11 heteroatoms. The monoisotopic (exact) mass is 456 g/mol. The van der Waals surface area contributed by atoms with Gasteiger partial charge >= 0.3 is 0 Å². The lowest BCUT2D eigenvalue weighted by Crippen LogP contribution is -2.48. The molecule has 1 N–H and O–H groups in total. The topological polar surface area (TPSA) is 115 Å². The van der Waals surface area contributed by atoms with Crippen molar-refractivity contribution in [3.8, 4) is 0 Å². The van der Waals surface area contributed by atoms with Gasteiger partial charge in [0.15, 0.2) is 5.82 Å². The fraction of sp³-hybridized carbons (Fsp3) is 0.526. The molecule has 1 aliphatic rings. The zero-order valence-electron chi connectivity index (χ0n) is 17.1. The molecule has 0 bridgehead atoms. The summed E-state index contributed by atoms with van der Waals surface area (Å²) < 4.78 is 38.2. The Balaban J connectivity index is 1.67. The fourth-order valence-corrected chi connectivity index (χ4v) is 5.38. The molecule has 0 radical (unpaired) electrons. The number of aromatic nitrogens is 2. The Labute approximate surface area is 180 Å². The Morgan fingerprint density at radius 2 is 2.00 bits per heavy atom. The minimum Gasteiger partial charge on any atom is -0.373 e. The first kappa shape index (κ1) is 22.7. The number of carbonyl (C=O) groups excluding carboxylic acids is 1. The van der Waals surface area contributed by atoms with Crippen LogP contribution in [0.2, 0.25) is 5.02 Å². The molecule has 30 heavy (non-hydrogen) atoms. The van der Waals surface area contributed by atoms with Gasteiger partial charge in [0.25, 0.3) is 5.91 Å². The van der Waals surface area contributed by atoms with Crippen LogP contribution in [-0.2, 0) is 21.2 Å². The van der Waals surface area contributed by atoms with Gasteiger partial charge in [-0.05, 0) is 45.4 Å². The van der Waals surface area contributed by atoms with E-state index in [1.165, 1.54) is 22.5 Å². The molecule has 0 aliphatic carbocycles. The molecule has 3 rings (SSSR count). The second-order valence-corrected chi connectivity index (χ2v) is 9.63. The number of hydrogen-bond donors (Lipinski definition) is 1. The van der Waals surface area contributed by atoms with Crippen molar-refractivity contribution in [3.63, 3.8) is 0 Å². The van der Waals surface area contributed by atoms with E-state index in [0.29, 0.717) is 31.1 Å². The lowest BCUT2D eigenvalue weighted by atomic mass is 10.2.